The summed E-state index contributed by atoms with van der Waals surface area (Å²) in [5, 5.41) is 7.64. The first kappa shape index (κ1) is 24.3. The molecule has 0 unspecified atom stereocenters. The third-order valence-electron chi connectivity index (χ3n) is 8.47. The van der Waals surface area contributed by atoms with Crippen LogP contribution in [0.15, 0.2) is 170 Å². The molecule has 0 atom stereocenters. The van der Waals surface area contributed by atoms with Crippen molar-refractivity contribution in [1.29, 1.82) is 0 Å². The Morgan fingerprint density at radius 1 is 0.238 bits per heavy atom. The predicted molar refractivity (Wildman–Crippen MR) is 181 cm³/mol. The van der Waals surface area contributed by atoms with E-state index in [1.54, 1.807) is 0 Å². The fraction of sp³-hybridized carbons (Fsp3) is 0. The monoisotopic (exact) mass is 532 g/mol. The van der Waals surface area contributed by atoms with E-state index in [0.717, 1.165) is 0 Å². The Bertz CT molecular complexity index is 2160. The maximum absolute atomic E-state index is 2.30. The second-order valence-corrected chi connectivity index (χ2v) is 10.9. The summed E-state index contributed by atoms with van der Waals surface area (Å²) in [5.41, 5.74) is 10.0. The lowest BCUT2D eigenvalue weighted by Gasteiger charge is -2.18. The Morgan fingerprint density at radius 2 is 0.643 bits per heavy atom. The van der Waals surface area contributed by atoms with Crippen LogP contribution < -0.4 is 0 Å². The summed E-state index contributed by atoms with van der Waals surface area (Å²) < 4.78 is 0. The van der Waals surface area contributed by atoms with Crippen molar-refractivity contribution in [1.82, 2.24) is 0 Å². The number of hydrogen-bond acceptors (Lipinski definition) is 0. The molecule has 0 radical (unpaired) electrons. The average Bonchev–Trinajstić information content (AvgIpc) is 3.07. The third-order valence-corrected chi connectivity index (χ3v) is 8.47. The molecule has 0 bridgehead atoms. The van der Waals surface area contributed by atoms with Gasteiger partial charge in [-0.3, -0.25) is 0 Å². The molecule has 0 saturated heterocycles. The minimum absolute atomic E-state index is 1.22. The van der Waals surface area contributed by atoms with Gasteiger partial charge >= 0.3 is 0 Å². The van der Waals surface area contributed by atoms with Crippen molar-refractivity contribution in [3.8, 4) is 44.5 Å². The molecule has 0 amide bonds. The summed E-state index contributed by atoms with van der Waals surface area (Å²) in [5.74, 6) is 0. The maximum atomic E-state index is 2.30. The quantitative estimate of drug-likeness (QED) is 0.198. The fourth-order valence-electron chi connectivity index (χ4n) is 6.52. The minimum Gasteiger partial charge on any atom is -0.0622 e. The van der Waals surface area contributed by atoms with Crippen molar-refractivity contribution >= 4 is 32.3 Å². The van der Waals surface area contributed by atoms with Crippen LogP contribution in [-0.2, 0) is 0 Å². The molecule has 8 aromatic carbocycles. The lowest BCUT2D eigenvalue weighted by Crippen LogP contribution is -1.91. The van der Waals surface area contributed by atoms with E-state index in [4.69, 9.17) is 0 Å². The second-order valence-electron chi connectivity index (χ2n) is 10.9. The van der Waals surface area contributed by atoms with Crippen molar-refractivity contribution in [3.05, 3.63) is 170 Å². The largest absolute Gasteiger partial charge is 0.0622 e. The van der Waals surface area contributed by atoms with Crippen LogP contribution in [0.25, 0.3) is 76.8 Å². The zero-order valence-corrected chi connectivity index (χ0v) is 23.2. The molecule has 0 heteroatoms. The normalized spacial score (nSPS) is 11.3. The average molecular weight is 533 g/mol. The lowest BCUT2D eigenvalue weighted by atomic mass is 9.85. The summed E-state index contributed by atoms with van der Waals surface area (Å²) in [6, 6.07) is 61.7. The van der Waals surface area contributed by atoms with E-state index in [9.17, 15) is 0 Å². The molecule has 0 saturated carbocycles. The first-order valence-corrected chi connectivity index (χ1v) is 14.5. The molecular formula is C42H28. The summed E-state index contributed by atoms with van der Waals surface area (Å²) in [6.07, 6.45) is 0. The van der Waals surface area contributed by atoms with Crippen LogP contribution in [0.4, 0.5) is 0 Å². The van der Waals surface area contributed by atoms with E-state index in [1.807, 2.05) is 0 Å². The number of rotatable bonds is 4. The Labute approximate surface area is 246 Å². The predicted octanol–water partition coefficient (Wildman–Crippen LogP) is 11.8. The molecule has 0 aliphatic rings. The molecule has 0 aromatic heterocycles. The van der Waals surface area contributed by atoms with Crippen molar-refractivity contribution in [2.75, 3.05) is 0 Å². The van der Waals surface area contributed by atoms with Gasteiger partial charge in [-0.1, -0.05) is 164 Å². The van der Waals surface area contributed by atoms with Gasteiger partial charge in [-0.05, 0) is 82.9 Å². The minimum atomic E-state index is 1.22. The number of fused-ring (bicyclic) bond motifs is 3. The Morgan fingerprint density at radius 3 is 1.24 bits per heavy atom. The SMILES string of the molecule is c1ccc(-c2c3ccccc3c(-c3ccc(-c4ccccc4-c4ccc5ccccc5c4)cc3)c3ccccc23)cc1. The van der Waals surface area contributed by atoms with Crippen molar-refractivity contribution < 1.29 is 0 Å². The van der Waals surface area contributed by atoms with E-state index in [2.05, 4.69) is 170 Å². The molecule has 42 heavy (non-hydrogen) atoms. The van der Waals surface area contributed by atoms with Gasteiger partial charge in [0.05, 0.1) is 0 Å². The van der Waals surface area contributed by atoms with Crippen LogP contribution in [0.1, 0.15) is 0 Å². The van der Waals surface area contributed by atoms with E-state index in [0.29, 0.717) is 0 Å². The van der Waals surface area contributed by atoms with E-state index in [-0.39, 0.29) is 0 Å². The standard InChI is InChI=1S/C42H28/c1-2-13-31(14-3-1)41-37-18-8-10-20-39(37)42(40-21-11-9-19-38(40)41)32-25-23-30(24-26-32)35-16-6-7-17-36(35)34-27-22-29-12-4-5-15-33(29)28-34/h1-28H. The maximum Gasteiger partial charge on any atom is -0.00264 e. The Balaban J connectivity index is 1.29. The summed E-state index contributed by atoms with van der Waals surface area (Å²) in [4.78, 5) is 0. The summed E-state index contributed by atoms with van der Waals surface area (Å²) in [7, 11) is 0. The molecule has 0 heterocycles. The topological polar surface area (TPSA) is 0 Å². The second kappa shape index (κ2) is 10.2. The molecule has 8 rings (SSSR count). The van der Waals surface area contributed by atoms with Gasteiger partial charge in [0.2, 0.25) is 0 Å². The van der Waals surface area contributed by atoms with Gasteiger partial charge in [-0.2, -0.15) is 0 Å². The molecule has 0 aliphatic heterocycles. The van der Waals surface area contributed by atoms with Gasteiger partial charge in [0.1, 0.15) is 0 Å². The van der Waals surface area contributed by atoms with E-state index < -0.39 is 0 Å². The van der Waals surface area contributed by atoms with E-state index in [1.165, 1.54) is 76.8 Å². The zero-order valence-electron chi connectivity index (χ0n) is 23.2. The molecule has 0 N–H and O–H groups in total. The lowest BCUT2D eigenvalue weighted by molar-refractivity contribution is 1.59. The van der Waals surface area contributed by atoms with Crippen molar-refractivity contribution in [2.45, 2.75) is 0 Å². The molecule has 196 valence electrons. The Hall–Kier alpha value is -5.46. The Kier molecular flexibility index (Phi) is 5.90. The molecule has 0 aliphatic carbocycles. The van der Waals surface area contributed by atoms with Gasteiger partial charge in [-0.25, -0.2) is 0 Å². The van der Waals surface area contributed by atoms with Gasteiger partial charge < -0.3 is 0 Å². The van der Waals surface area contributed by atoms with Crippen LogP contribution in [0.3, 0.4) is 0 Å². The highest BCUT2D eigenvalue weighted by molar-refractivity contribution is 6.21. The zero-order chi connectivity index (χ0) is 27.9. The van der Waals surface area contributed by atoms with Gasteiger partial charge in [0.25, 0.3) is 0 Å². The number of benzene rings is 8. The van der Waals surface area contributed by atoms with Crippen LogP contribution in [0.5, 0.6) is 0 Å². The van der Waals surface area contributed by atoms with Gasteiger partial charge in [0.15, 0.2) is 0 Å². The molecule has 8 aromatic rings. The number of hydrogen-bond donors (Lipinski definition) is 0. The third kappa shape index (κ3) is 4.08. The highest BCUT2D eigenvalue weighted by Crippen LogP contribution is 2.44. The first-order valence-electron chi connectivity index (χ1n) is 14.5. The van der Waals surface area contributed by atoms with Crippen LogP contribution >= 0.6 is 0 Å². The van der Waals surface area contributed by atoms with Gasteiger partial charge in [0, 0.05) is 0 Å². The smallest absolute Gasteiger partial charge is 0.00264 e. The van der Waals surface area contributed by atoms with Crippen LogP contribution in [0, 0.1) is 0 Å². The van der Waals surface area contributed by atoms with Gasteiger partial charge in [-0.15, -0.1) is 0 Å². The van der Waals surface area contributed by atoms with Crippen molar-refractivity contribution in [3.63, 3.8) is 0 Å². The van der Waals surface area contributed by atoms with Crippen LogP contribution in [0.2, 0.25) is 0 Å². The molecule has 0 fully saturated rings. The first-order chi connectivity index (χ1) is 20.8. The van der Waals surface area contributed by atoms with E-state index >= 15 is 0 Å². The molecular weight excluding hydrogens is 504 g/mol. The molecule has 0 nitrogen and oxygen atoms in total. The highest BCUT2D eigenvalue weighted by atomic mass is 14.2. The van der Waals surface area contributed by atoms with Crippen molar-refractivity contribution in [2.24, 2.45) is 0 Å². The van der Waals surface area contributed by atoms with Crippen LogP contribution in [-0.4, -0.2) is 0 Å². The fourth-order valence-corrected chi connectivity index (χ4v) is 6.52. The summed E-state index contributed by atoms with van der Waals surface area (Å²) in [6.45, 7) is 0. The summed E-state index contributed by atoms with van der Waals surface area (Å²) >= 11 is 0. The molecule has 0 spiro atoms. The highest BCUT2D eigenvalue weighted by Gasteiger charge is 2.16.